The molecule has 0 saturated carbocycles. The third-order valence-electron chi connectivity index (χ3n) is 2.33. The number of aromatic nitrogens is 3. The van der Waals surface area contributed by atoms with Gasteiger partial charge in [-0.2, -0.15) is 9.97 Å². The second-order valence-corrected chi connectivity index (χ2v) is 3.59. The van der Waals surface area contributed by atoms with Crippen molar-refractivity contribution < 1.29 is 14.1 Å². The zero-order valence-electron chi connectivity index (χ0n) is 10.2. The van der Waals surface area contributed by atoms with Gasteiger partial charge >= 0.3 is 6.01 Å². The van der Waals surface area contributed by atoms with Gasteiger partial charge in [0.15, 0.2) is 0 Å². The van der Waals surface area contributed by atoms with Crippen LogP contribution < -0.4 is 10.1 Å². The zero-order valence-corrected chi connectivity index (χ0v) is 10.2. The normalized spacial score (nSPS) is 10.2. The molecule has 0 atom stereocenters. The molecular formula is C11H12N4O3. The first-order chi connectivity index (χ1) is 8.61. The number of ether oxygens (including phenoxy) is 1. The van der Waals surface area contributed by atoms with E-state index in [2.05, 4.69) is 20.4 Å². The summed E-state index contributed by atoms with van der Waals surface area (Å²) in [5.74, 6) is -0.267. The van der Waals surface area contributed by atoms with Crippen LogP contribution >= 0.6 is 0 Å². The first-order valence-corrected chi connectivity index (χ1v) is 5.23. The molecule has 0 aliphatic rings. The lowest BCUT2D eigenvalue weighted by molar-refractivity contribution is 0.0987. The van der Waals surface area contributed by atoms with Crippen LogP contribution in [0.3, 0.4) is 0 Å². The highest BCUT2D eigenvalue weighted by Crippen LogP contribution is 2.20. The van der Waals surface area contributed by atoms with E-state index in [9.17, 15) is 4.79 Å². The second kappa shape index (κ2) is 4.82. The zero-order chi connectivity index (χ0) is 13.1. The minimum absolute atomic E-state index is 0.129. The predicted octanol–water partition coefficient (Wildman–Crippen LogP) is 1.34. The molecule has 0 aromatic carbocycles. The van der Waals surface area contributed by atoms with E-state index in [0.29, 0.717) is 17.1 Å². The largest absolute Gasteiger partial charge is 0.467 e. The summed E-state index contributed by atoms with van der Waals surface area (Å²) in [4.78, 5) is 20.0. The minimum atomic E-state index is -0.396. The highest BCUT2D eigenvalue weighted by atomic mass is 16.5. The SMILES string of the molecule is COc1nc(C)c(NC(=O)c2ccno2)c(C)n1. The monoisotopic (exact) mass is 248 g/mol. The molecule has 0 aliphatic carbocycles. The van der Waals surface area contributed by atoms with Crippen LogP contribution in [0.25, 0.3) is 0 Å². The van der Waals surface area contributed by atoms with E-state index < -0.39 is 5.91 Å². The maximum Gasteiger partial charge on any atom is 0.316 e. The van der Waals surface area contributed by atoms with Crippen LogP contribution in [0.2, 0.25) is 0 Å². The Labute approximate surface area is 103 Å². The van der Waals surface area contributed by atoms with Gasteiger partial charge in [-0.05, 0) is 13.8 Å². The van der Waals surface area contributed by atoms with Crippen LogP contribution in [0.15, 0.2) is 16.8 Å². The van der Waals surface area contributed by atoms with E-state index in [1.165, 1.54) is 19.4 Å². The third kappa shape index (κ3) is 2.29. The highest BCUT2D eigenvalue weighted by Gasteiger charge is 2.15. The Morgan fingerprint density at radius 3 is 2.50 bits per heavy atom. The van der Waals surface area contributed by atoms with Crippen molar-refractivity contribution in [2.75, 3.05) is 12.4 Å². The maximum absolute atomic E-state index is 11.8. The predicted molar refractivity (Wildman–Crippen MR) is 62.5 cm³/mol. The molecule has 0 unspecified atom stereocenters. The molecule has 0 spiro atoms. The van der Waals surface area contributed by atoms with Crippen molar-refractivity contribution in [3.8, 4) is 6.01 Å². The summed E-state index contributed by atoms with van der Waals surface area (Å²) in [5, 5.41) is 6.15. The summed E-state index contributed by atoms with van der Waals surface area (Å²) in [6, 6.07) is 1.74. The molecule has 7 nitrogen and oxygen atoms in total. The van der Waals surface area contributed by atoms with Crippen molar-refractivity contribution in [3.05, 3.63) is 29.4 Å². The molecule has 0 bridgehead atoms. The fourth-order valence-electron chi connectivity index (χ4n) is 1.47. The van der Waals surface area contributed by atoms with Crippen molar-refractivity contribution in [1.29, 1.82) is 0 Å². The lowest BCUT2D eigenvalue weighted by Crippen LogP contribution is -2.14. The molecule has 7 heteroatoms. The van der Waals surface area contributed by atoms with Gasteiger partial charge in [0, 0.05) is 6.07 Å². The fourth-order valence-corrected chi connectivity index (χ4v) is 1.47. The van der Waals surface area contributed by atoms with Gasteiger partial charge in [-0.1, -0.05) is 5.16 Å². The molecule has 1 amide bonds. The number of methoxy groups -OCH3 is 1. The number of aryl methyl sites for hydroxylation is 2. The van der Waals surface area contributed by atoms with E-state index in [1.54, 1.807) is 13.8 Å². The minimum Gasteiger partial charge on any atom is -0.467 e. The molecule has 18 heavy (non-hydrogen) atoms. The van der Waals surface area contributed by atoms with Gasteiger partial charge in [0.05, 0.1) is 30.4 Å². The van der Waals surface area contributed by atoms with Gasteiger partial charge in [-0.15, -0.1) is 0 Å². The molecule has 1 N–H and O–H groups in total. The number of hydrogen-bond acceptors (Lipinski definition) is 6. The number of carbonyl (C=O) groups is 1. The number of nitrogens with zero attached hydrogens (tertiary/aromatic N) is 3. The quantitative estimate of drug-likeness (QED) is 0.881. The number of rotatable bonds is 3. The molecule has 0 aliphatic heterocycles. The molecule has 0 saturated heterocycles. The topological polar surface area (TPSA) is 90.1 Å². The summed E-state index contributed by atoms with van der Waals surface area (Å²) in [6.45, 7) is 3.51. The molecule has 2 heterocycles. The van der Waals surface area contributed by atoms with Gasteiger partial charge in [-0.25, -0.2) is 0 Å². The molecular weight excluding hydrogens is 236 g/mol. The fraction of sp³-hybridized carbons (Fsp3) is 0.273. The van der Waals surface area contributed by atoms with Crippen LogP contribution in [-0.2, 0) is 0 Å². The number of amides is 1. The lowest BCUT2D eigenvalue weighted by atomic mass is 10.2. The number of anilines is 1. The standard InChI is InChI=1S/C11H12N4O3/c1-6-9(7(2)14-11(13-6)17-3)15-10(16)8-4-5-12-18-8/h4-5H,1-3H3,(H,15,16). The Hall–Kier alpha value is -2.44. The van der Waals surface area contributed by atoms with E-state index in [0.717, 1.165) is 0 Å². The van der Waals surface area contributed by atoms with Crippen LogP contribution in [0.5, 0.6) is 6.01 Å². The average molecular weight is 248 g/mol. The van der Waals surface area contributed by atoms with Crippen LogP contribution in [0.4, 0.5) is 5.69 Å². The van der Waals surface area contributed by atoms with Crippen LogP contribution in [-0.4, -0.2) is 28.1 Å². The Morgan fingerprint density at radius 1 is 1.33 bits per heavy atom. The molecule has 2 aromatic heterocycles. The summed E-state index contributed by atoms with van der Waals surface area (Å²) >= 11 is 0. The summed E-state index contributed by atoms with van der Waals surface area (Å²) in [6.07, 6.45) is 1.40. The first-order valence-electron chi connectivity index (χ1n) is 5.23. The van der Waals surface area contributed by atoms with Crippen LogP contribution in [0.1, 0.15) is 21.9 Å². The molecule has 0 fully saturated rings. The van der Waals surface area contributed by atoms with E-state index >= 15 is 0 Å². The Kier molecular flexibility index (Phi) is 3.22. The smallest absolute Gasteiger partial charge is 0.316 e. The maximum atomic E-state index is 11.8. The van der Waals surface area contributed by atoms with Crippen molar-refractivity contribution in [3.63, 3.8) is 0 Å². The first kappa shape index (κ1) is 12.0. The van der Waals surface area contributed by atoms with Gasteiger partial charge < -0.3 is 14.6 Å². The van der Waals surface area contributed by atoms with Gasteiger partial charge in [0.2, 0.25) is 5.76 Å². The second-order valence-electron chi connectivity index (χ2n) is 3.59. The lowest BCUT2D eigenvalue weighted by Gasteiger charge is -2.10. The molecule has 2 aromatic rings. The number of nitrogens with one attached hydrogen (secondary N) is 1. The molecule has 94 valence electrons. The number of hydrogen-bond donors (Lipinski definition) is 1. The van der Waals surface area contributed by atoms with Gasteiger partial charge in [0.25, 0.3) is 5.91 Å². The molecule has 2 rings (SSSR count). The van der Waals surface area contributed by atoms with E-state index in [4.69, 9.17) is 9.26 Å². The Bertz CT molecular complexity index is 543. The highest BCUT2D eigenvalue weighted by molar-refractivity contribution is 6.02. The third-order valence-corrected chi connectivity index (χ3v) is 2.33. The van der Waals surface area contributed by atoms with Crippen LogP contribution in [0, 0.1) is 13.8 Å². The van der Waals surface area contributed by atoms with Gasteiger partial charge in [-0.3, -0.25) is 4.79 Å². The van der Waals surface area contributed by atoms with E-state index in [1.807, 2.05) is 0 Å². The summed E-state index contributed by atoms with van der Waals surface area (Å²) < 4.78 is 9.71. The average Bonchev–Trinajstić information content (AvgIpc) is 2.87. The number of carbonyl (C=O) groups excluding carboxylic acids is 1. The summed E-state index contributed by atoms with van der Waals surface area (Å²) in [7, 11) is 1.49. The molecule has 0 radical (unpaired) electrons. The Morgan fingerprint density at radius 2 is 2.00 bits per heavy atom. The van der Waals surface area contributed by atoms with Crippen molar-refractivity contribution >= 4 is 11.6 Å². The Balaban J connectivity index is 2.27. The van der Waals surface area contributed by atoms with Crippen molar-refractivity contribution in [1.82, 2.24) is 15.1 Å². The van der Waals surface area contributed by atoms with E-state index in [-0.39, 0.29) is 11.8 Å². The summed E-state index contributed by atoms with van der Waals surface area (Å²) in [5.41, 5.74) is 1.77. The van der Waals surface area contributed by atoms with Crippen molar-refractivity contribution in [2.45, 2.75) is 13.8 Å². The van der Waals surface area contributed by atoms with Gasteiger partial charge in [0.1, 0.15) is 0 Å². The van der Waals surface area contributed by atoms with Crippen molar-refractivity contribution in [2.24, 2.45) is 0 Å².